The van der Waals surface area contributed by atoms with Crippen molar-refractivity contribution in [2.24, 2.45) is 5.73 Å². The smallest absolute Gasteiger partial charge is 0.325 e. The zero-order chi connectivity index (χ0) is 12.8. The highest BCUT2D eigenvalue weighted by Gasteiger charge is 2.22. The topological polar surface area (TPSA) is 102 Å². The number of carbonyl (C=O) groups is 2. The summed E-state index contributed by atoms with van der Waals surface area (Å²) in [4.78, 5) is 22.0. The standard InChI is InChI=1S/C7H11Cl3N2O4/c8-7(9,10)3-16-5(14)1-12-6(15)4(11)2-13/h4,13H,1-3,11H2,(H,12,15)/t4-/m1/s1. The van der Waals surface area contributed by atoms with Gasteiger partial charge in [0, 0.05) is 0 Å². The van der Waals surface area contributed by atoms with E-state index in [0.29, 0.717) is 0 Å². The normalized spacial score (nSPS) is 13.1. The van der Waals surface area contributed by atoms with Gasteiger partial charge in [-0.05, 0) is 0 Å². The first-order chi connectivity index (χ1) is 7.26. The van der Waals surface area contributed by atoms with Crippen LogP contribution in [0.2, 0.25) is 0 Å². The second kappa shape index (κ2) is 7.13. The minimum absolute atomic E-state index is 0.409. The Hall–Kier alpha value is -0.270. The number of esters is 1. The molecule has 1 amide bonds. The van der Waals surface area contributed by atoms with E-state index in [0.717, 1.165) is 0 Å². The average molecular weight is 294 g/mol. The van der Waals surface area contributed by atoms with Crippen molar-refractivity contribution in [3.05, 3.63) is 0 Å². The number of ether oxygens (including phenoxy) is 1. The summed E-state index contributed by atoms with van der Waals surface area (Å²) >= 11 is 16.0. The minimum atomic E-state index is -1.69. The predicted molar refractivity (Wildman–Crippen MR) is 59.3 cm³/mol. The van der Waals surface area contributed by atoms with E-state index in [-0.39, 0.29) is 0 Å². The number of carbonyl (C=O) groups excluding carboxylic acids is 2. The van der Waals surface area contributed by atoms with Gasteiger partial charge in [0.15, 0.2) is 0 Å². The fourth-order valence-electron chi connectivity index (χ4n) is 0.587. The molecule has 0 rings (SSSR count). The van der Waals surface area contributed by atoms with Crippen LogP contribution in [0.4, 0.5) is 0 Å². The number of alkyl halides is 3. The molecule has 0 aliphatic heterocycles. The summed E-state index contributed by atoms with van der Waals surface area (Å²) in [6.07, 6.45) is 0. The van der Waals surface area contributed by atoms with Gasteiger partial charge < -0.3 is 20.9 Å². The molecule has 6 nitrogen and oxygen atoms in total. The van der Waals surface area contributed by atoms with Crippen LogP contribution >= 0.6 is 34.8 Å². The molecule has 0 aliphatic carbocycles. The van der Waals surface area contributed by atoms with Crippen molar-refractivity contribution in [3.63, 3.8) is 0 Å². The van der Waals surface area contributed by atoms with Crippen molar-refractivity contribution in [1.82, 2.24) is 5.32 Å². The van der Waals surface area contributed by atoms with E-state index in [4.69, 9.17) is 45.6 Å². The van der Waals surface area contributed by atoms with Crippen LogP contribution in [0.25, 0.3) is 0 Å². The highest BCUT2D eigenvalue weighted by atomic mass is 35.6. The van der Waals surface area contributed by atoms with E-state index in [1.807, 2.05) is 0 Å². The number of hydrogen-bond acceptors (Lipinski definition) is 5. The summed E-state index contributed by atoms with van der Waals surface area (Å²) in [6.45, 7) is -1.35. The largest absolute Gasteiger partial charge is 0.460 e. The molecular weight excluding hydrogens is 282 g/mol. The van der Waals surface area contributed by atoms with Gasteiger partial charge in [-0.1, -0.05) is 34.8 Å². The number of amides is 1. The maximum atomic E-state index is 11.0. The van der Waals surface area contributed by atoms with Gasteiger partial charge in [-0.2, -0.15) is 0 Å². The Labute approximate surface area is 107 Å². The van der Waals surface area contributed by atoms with E-state index in [2.05, 4.69) is 10.1 Å². The minimum Gasteiger partial charge on any atom is -0.460 e. The molecule has 0 aliphatic rings. The predicted octanol–water partition coefficient (Wildman–Crippen LogP) is -0.664. The Balaban J connectivity index is 3.78. The van der Waals surface area contributed by atoms with Crippen LogP contribution < -0.4 is 11.1 Å². The molecule has 16 heavy (non-hydrogen) atoms. The molecule has 0 saturated carbocycles. The summed E-state index contributed by atoms with van der Waals surface area (Å²) in [5, 5.41) is 10.7. The number of rotatable bonds is 5. The molecule has 4 N–H and O–H groups in total. The number of nitrogens with two attached hydrogens (primary N) is 1. The Morgan fingerprint density at radius 1 is 1.44 bits per heavy atom. The van der Waals surface area contributed by atoms with Gasteiger partial charge in [0.05, 0.1) is 6.61 Å². The highest BCUT2D eigenvalue weighted by molar-refractivity contribution is 6.67. The number of aliphatic hydroxyl groups excluding tert-OH is 1. The van der Waals surface area contributed by atoms with Crippen molar-refractivity contribution in [2.75, 3.05) is 19.8 Å². The van der Waals surface area contributed by atoms with E-state index >= 15 is 0 Å². The number of nitrogens with one attached hydrogen (secondary N) is 1. The number of halogens is 3. The lowest BCUT2D eigenvalue weighted by Crippen LogP contribution is -2.45. The monoisotopic (exact) mass is 292 g/mol. The fraction of sp³-hybridized carbons (Fsp3) is 0.714. The lowest BCUT2D eigenvalue weighted by Gasteiger charge is -2.12. The van der Waals surface area contributed by atoms with Crippen LogP contribution in [0, 0.1) is 0 Å². The Morgan fingerprint density at radius 3 is 2.44 bits per heavy atom. The molecule has 0 aromatic heterocycles. The maximum absolute atomic E-state index is 11.0. The van der Waals surface area contributed by atoms with Gasteiger partial charge in [0.2, 0.25) is 9.70 Å². The summed E-state index contributed by atoms with van der Waals surface area (Å²) < 4.78 is 2.82. The Morgan fingerprint density at radius 2 is 2.00 bits per heavy atom. The highest BCUT2D eigenvalue weighted by Crippen LogP contribution is 2.25. The Kier molecular flexibility index (Phi) is 7.01. The average Bonchev–Trinajstić information content (AvgIpc) is 2.20. The van der Waals surface area contributed by atoms with E-state index < -0.39 is 41.5 Å². The SMILES string of the molecule is N[C@H](CO)C(=O)NCC(=O)OCC(Cl)(Cl)Cl. The second-order valence-corrected chi connectivity index (χ2v) is 5.30. The summed E-state index contributed by atoms with van der Waals surface area (Å²) in [5.41, 5.74) is 5.17. The van der Waals surface area contributed by atoms with Gasteiger partial charge >= 0.3 is 5.97 Å². The molecule has 0 bridgehead atoms. The summed E-state index contributed by atoms with van der Waals surface area (Å²) in [6, 6.07) is -1.08. The molecule has 1 atom stereocenters. The molecule has 9 heteroatoms. The van der Waals surface area contributed by atoms with Crippen molar-refractivity contribution < 1.29 is 19.4 Å². The molecular formula is C7H11Cl3N2O4. The first-order valence-electron chi connectivity index (χ1n) is 4.13. The van der Waals surface area contributed by atoms with E-state index in [1.165, 1.54) is 0 Å². The van der Waals surface area contributed by atoms with Crippen LogP contribution in [0.15, 0.2) is 0 Å². The van der Waals surface area contributed by atoms with E-state index in [1.54, 1.807) is 0 Å². The molecule has 0 spiro atoms. The quantitative estimate of drug-likeness (QED) is 0.461. The molecule has 0 heterocycles. The van der Waals surface area contributed by atoms with Gasteiger partial charge in [-0.3, -0.25) is 9.59 Å². The van der Waals surface area contributed by atoms with Crippen LogP contribution in [0.3, 0.4) is 0 Å². The molecule has 0 unspecified atom stereocenters. The number of aliphatic hydroxyl groups is 1. The van der Waals surface area contributed by atoms with Gasteiger partial charge in [0.25, 0.3) is 0 Å². The molecule has 94 valence electrons. The van der Waals surface area contributed by atoms with Gasteiger partial charge in [-0.15, -0.1) is 0 Å². The third-order valence-corrected chi connectivity index (χ3v) is 1.66. The van der Waals surface area contributed by atoms with Crippen LogP contribution in [0.5, 0.6) is 0 Å². The third-order valence-electron chi connectivity index (χ3n) is 1.34. The lowest BCUT2D eigenvalue weighted by atomic mass is 10.3. The second-order valence-electron chi connectivity index (χ2n) is 2.78. The van der Waals surface area contributed by atoms with Crippen molar-refractivity contribution in [2.45, 2.75) is 9.83 Å². The van der Waals surface area contributed by atoms with E-state index in [9.17, 15) is 9.59 Å². The zero-order valence-electron chi connectivity index (χ0n) is 8.08. The maximum Gasteiger partial charge on any atom is 0.325 e. The molecule has 0 aromatic rings. The van der Waals surface area contributed by atoms with Crippen LogP contribution in [-0.4, -0.2) is 46.6 Å². The summed E-state index contributed by atoms with van der Waals surface area (Å²) in [5.74, 6) is -1.45. The van der Waals surface area contributed by atoms with Crippen LogP contribution in [-0.2, 0) is 14.3 Å². The molecule has 0 saturated heterocycles. The first kappa shape index (κ1) is 15.7. The Bertz CT molecular complexity index is 257. The van der Waals surface area contributed by atoms with Gasteiger partial charge in [-0.25, -0.2) is 0 Å². The molecule has 0 fully saturated rings. The third kappa shape index (κ3) is 7.95. The zero-order valence-corrected chi connectivity index (χ0v) is 10.3. The lowest BCUT2D eigenvalue weighted by molar-refractivity contribution is -0.144. The first-order valence-corrected chi connectivity index (χ1v) is 5.26. The van der Waals surface area contributed by atoms with Crippen molar-refractivity contribution in [3.8, 4) is 0 Å². The van der Waals surface area contributed by atoms with Crippen molar-refractivity contribution >= 4 is 46.7 Å². The summed E-state index contributed by atoms with van der Waals surface area (Å²) in [7, 11) is 0. The fourth-order valence-corrected chi connectivity index (χ4v) is 0.750. The van der Waals surface area contributed by atoms with Crippen LogP contribution in [0.1, 0.15) is 0 Å². The molecule has 0 aromatic carbocycles. The van der Waals surface area contributed by atoms with Gasteiger partial charge in [0.1, 0.15) is 19.2 Å². The number of hydrogen-bond donors (Lipinski definition) is 3. The molecule has 0 radical (unpaired) electrons. The van der Waals surface area contributed by atoms with Crippen molar-refractivity contribution in [1.29, 1.82) is 0 Å².